The number of halogens is 1. The van der Waals surface area contributed by atoms with Gasteiger partial charge >= 0.3 is 0 Å². The molecule has 0 radical (unpaired) electrons. The quantitative estimate of drug-likeness (QED) is 0.638. The number of aromatic hydroxyl groups is 1. The van der Waals surface area contributed by atoms with Gasteiger partial charge in [0.25, 0.3) is 5.56 Å². The van der Waals surface area contributed by atoms with Crippen LogP contribution < -0.4 is 11.0 Å². The van der Waals surface area contributed by atoms with E-state index < -0.39 is 5.56 Å². The van der Waals surface area contributed by atoms with Crippen LogP contribution in [0.15, 0.2) is 32.6 Å². The SMILES string of the molecule is Cc1cc(Br)ccc1NN=Cc1c(C)c(C#N)c(=O)n(C)c1O. The third-order valence-electron chi connectivity index (χ3n) is 3.54. The molecular formula is C16H15BrN4O2. The molecule has 0 bridgehead atoms. The third kappa shape index (κ3) is 3.27. The van der Waals surface area contributed by atoms with E-state index in [-0.39, 0.29) is 11.4 Å². The van der Waals surface area contributed by atoms with E-state index >= 15 is 0 Å². The number of rotatable bonds is 3. The molecule has 0 aliphatic rings. The number of hydrazone groups is 1. The first kappa shape index (κ1) is 16.8. The number of anilines is 1. The zero-order chi connectivity index (χ0) is 17.1. The van der Waals surface area contributed by atoms with Gasteiger partial charge in [0.2, 0.25) is 5.88 Å². The Bertz CT molecular complexity index is 894. The number of aryl methyl sites for hydroxylation is 1. The molecule has 2 N–H and O–H groups in total. The lowest BCUT2D eigenvalue weighted by molar-refractivity contribution is 0.421. The Labute approximate surface area is 141 Å². The summed E-state index contributed by atoms with van der Waals surface area (Å²) in [6.45, 7) is 3.54. The van der Waals surface area contributed by atoms with Crippen LogP contribution in [0.3, 0.4) is 0 Å². The summed E-state index contributed by atoms with van der Waals surface area (Å²) in [7, 11) is 1.40. The number of nitrogens with one attached hydrogen (secondary N) is 1. The van der Waals surface area contributed by atoms with E-state index in [2.05, 4.69) is 26.5 Å². The van der Waals surface area contributed by atoms with Crippen LogP contribution in [0.5, 0.6) is 5.88 Å². The number of nitriles is 1. The fraction of sp³-hybridized carbons (Fsp3) is 0.188. The van der Waals surface area contributed by atoms with Crippen molar-refractivity contribution in [2.45, 2.75) is 13.8 Å². The normalized spacial score (nSPS) is 10.7. The van der Waals surface area contributed by atoms with Crippen LogP contribution in [0.2, 0.25) is 0 Å². The Kier molecular flexibility index (Phi) is 4.86. The second kappa shape index (κ2) is 6.67. The van der Waals surface area contributed by atoms with E-state index in [1.165, 1.54) is 13.3 Å². The van der Waals surface area contributed by atoms with Crippen molar-refractivity contribution in [1.29, 1.82) is 5.26 Å². The van der Waals surface area contributed by atoms with Gasteiger partial charge in [-0.05, 0) is 43.2 Å². The fourth-order valence-corrected chi connectivity index (χ4v) is 2.59. The molecule has 2 aromatic rings. The van der Waals surface area contributed by atoms with Gasteiger partial charge in [-0.2, -0.15) is 10.4 Å². The largest absolute Gasteiger partial charge is 0.494 e. The van der Waals surface area contributed by atoms with Crippen molar-refractivity contribution in [2.75, 3.05) is 5.43 Å². The van der Waals surface area contributed by atoms with Crippen LogP contribution in [0, 0.1) is 25.2 Å². The fourth-order valence-electron chi connectivity index (χ4n) is 2.11. The van der Waals surface area contributed by atoms with Crippen LogP contribution in [0.4, 0.5) is 5.69 Å². The summed E-state index contributed by atoms with van der Waals surface area (Å²) in [5.74, 6) is -0.232. The summed E-state index contributed by atoms with van der Waals surface area (Å²) in [5.41, 5.74) is 4.87. The van der Waals surface area contributed by atoms with Crippen molar-refractivity contribution >= 4 is 27.8 Å². The van der Waals surface area contributed by atoms with Gasteiger partial charge in [0.15, 0.2) is 0 Å². The number of hydrogen-bond donors (Lipinski definition) is 2. The van der Waals surface area contributed by atoms with E-state index in [1.54, 1.807) is 6.92 Å². The monoisotopic (exact) mass is 374 g/mol. The van der Waals surface area contributed by atoms with E-state index in [0.717, 1.165) is 20.3 Å². The third-order valence-corrected chi connectivity index (χ3v) is 4.03. The maximum atomic E-state index is 11.9. The summed E-state index contributed by atoms with van der Waals surface area (Å²) >= 11 is 3.39. The molecule has 23 heavy (non-hydrogen) atoms. The minimum Gasteiger partial charge on any atom is -0.494 e. The molecule has 2 rings (SSSR count). The second-order valence-electron chi connectivity index (χ2n) is 5.04. The Hall–Kier alpha value is -2.59. The minimum atomic E-state index is -0.531. The molecule has 0 aliphatic heterocycles. The highest BCUT2D eigenvalue weighted by Gasteiger charge is 2.15. The first-order chi connectivity index (χ1) is 10.9. The lowest BCUT2D eigenvalue weighted by atomic mass is 10.1. The molecule has 1 heterocycles. The zero-order valence-corrected chi connectivity index (χ0v) is 14.5. The summed E-state index contributed by atoms with van der Waals surface area (Å²) in [5, 5.41) is 23.3. The summed E-state index contributed by atoms with van der Waals surface area (Å²) in [4.78, 5) is 11.9. The van der Waals surface area contributed by atoms with Gasteiger partial charge in [0, 0.05) is 11.5 Å². The highest BCUT2D eigenvalue weighted by atomic mass is 79.9. The smallest absolute Gasteiger partial charge is 0.271 e. The number of benzene rings is 1. The maximum Gasteiger partial charge on any atom is 0.271 e. The van der Waals surface area contributed by atoms with Crippen LogP contribution >= 0.6 is 15.9 Å². The molecule has 0 saturated carbocycles. The van der Waals surface area contributed by atoms with E-state index in [0.29, 0.717) is 11.1 Å². The molecule has 0 amide bonds. The van der Waals surface area contributed by atoms with E-state index in [9.17, 15) is 9.90 Å². The Morgan fingerprint density at radius 2 is 2.13 bits per heavy atom. The molecule has 0 atom stereocenters. The summed E-state index contributed by atoms with van der Waals surface area (Å²) < 4.78 is 1.99. The van der Waals surface area contributed by atoms with Crippen molar-refractivity contribution in [3.8, 4) is 11.9 Å². The molecule has 0 aliphatic carbocycles. The molecule has 1 aromatic heterocycles. The van der Waals surface area contributed by atoms with Crippen LogP contribution in [0.1, 0.15) is 22.3 Å². The predicted molar refractivity (Wildman–Crippen MR) is 92.9 cm³/mol. The zero-order valence-electron chi connectivity index (χ0n) is 12.9. The summed E-state index contributed by atoms with van der Waals surface area (Å²) in [6.07, 6.45) is 1.40. The molecule has 7 heteroatoms. The molecule has 1 aromatic carbocycles. The molecule has 0 saturated heterocycles. The van der Waals surface area contributed by atoms with Gasteiger partial charge < -0.3 is 5.11 Å². The van der Waals surface area contributed by atoms with Crippen LogP contribution in [-0.2, 0) is 7.05 Å². The molecule has 0 unspecified atom stereocenters. The van der Waals surface area contributed by atoms with Crippen molar-refractivity contribution in [1.82, 2.24) is 4.57 Å². The lowest BCUT2D eigenvalue weighted by Crippen LogP contribution is -2.22. The van der Waals surface area contributed by atoms with Gasteiger partial charge in [-0.25, -0.2) is 0 Å². The molecule has 118 valence electrons. The van der Waals surface area contributed by atoms with Gasteiger partial charge in [0.05, 0.1) is 17.5 Å². The van der Waals surface area contributed by atoms with Crippen molar-refractivity contribution < 1.29 is 5.11 Å². The molecule has 0 spiro atoms. The molecule has 0 fully saturated rings. The summed E-state index contributed by atoms with van der Waals surface area (Å²) in [6, 6.07) is 7.56. The van der Waals surface area contributed by atoms with Crippen LogP contribution in [0.25, 0.3) is 0 Å². The average Bonchev–Trinajstić information content (AvgIpc) is 2.51. The van der Waals surface area contributed by atoms with Gasteiger partial charge in [0.1, 0.15) is 11.6 Å². The van der Waals surface area contributed by atoms with E-state index in [1.807, 2.05) is 31.2 Å². The Morgan fingerprint density at radius 3 is 2.74 bits per heavy atom. The molecular weight excluding hydrogens is 360 g/mol. The first-order valence-corrected chi connectivity index (χ1v) is 7.54. The van der Waals surface area contributed by atoms with Crippen molar-refractivity contribution in [2.24, 2.45) is 12.1 Å². The van der Waals surface area contributed by atoms with Gasteiger partial charge in [-0.3, -0.25) is 14.8 Å². The van der Waals surface area contributed by atoms with Crippen molar-refractivity contribution in [3.63, 3.8) is 0 Å². The Balaban J connectivity index is 2.39. The predicted octanol–water partition coefficient (Wildman–Crippen LogP) is 2.79. The lowest BCUT2D eigenvalue weighted by Gasteiger charge is -2.10. The van der Waals surface area contributed by atoms with Crippen molar-refractivity contribution in [3.05, 3.63) is 55.3 Å². The van der Waals surface area contributed by atoms with Gasteiger partial charge in [-0.1, -0.05) is 15.9 Å². The first-order valence-electron chi connectivity index (χ1n) is 6.74. The average molecular weight is 375 g/mol. The second-order valence-corrected chi connectivity index (χ2v) is 5.96. The Morgan fingerprint density at radius 1 is 1.43 bits per heavy atom. The number of aromatic nitrogens is 1. The van der Waals surface area contributed by atoms with Gasteiger partial charge in [-0.15, -0.1) is 0 Å². The number of pyridine rings is 1. The molecule has 6 nitrogen and oxygen atoms in total. The highest BCUT2D eigenvalue weighted by Crippen LogP contribution is 2.21. The topological polar surface area (TPSA) is 90.4 Å². The number of hydrogen-bond acceptors (Lipinski definition) is 5. The van der Waals surface area contributed by atoms with E-state index in [4.69, 9.17) is 5.26 Å². The van der Waals surface area contributed by atoms with Crippen LogP contribution in [-0.4, -0.2) is 15.9 Å². The highest BCUT2D eigenvalue weighted by molar-refractivity contribution is 9.10. The maximum absolute atomic E-state index is 11.9. The number of nitrogens with zero attached hydrogens (tertiary/aromatic N) is 3. The minimum absolute atomic E-state index is 0.00780. The standard InChI is InChI=1S/C16H15BrN4O2/c1-9-6-11(17)4-5-14(9)20-19-8-13-10(2)12(7-18)15(22)21(3)16(13)23/h4-6,8,20,23H,1-3H3.